The fourth-order valence-corrected chi connectivity index (χ4v) is 4.87. The maximum Gasteiger partial charge on any atom is 0.316 e. The summed E-state index contributed by atoms with van der Waals surface area (Å²) in [6.45, 7) is 1.68. The molecular weight excluding hydrogens is 491 g/mol. The van der Waals surface area contributed by atoms with Gasteiger partial charge in [-0.3, -0.25) is 14.2 Å². The Morgan fingerprint density at radius 3 is 2.57 bits per heavy atom. The highest BCUT2D eigenvalue weighted by Gasteiger charge is 2.20. The average molecular weight is 515 g/mol. The lowest BCUT2D eigenvalue weighted by atomic mass is 10.1. The van der Waals surface area contributed by atoms with E-state index in [0.29, 0.717) is 22.1 Å². The van der Waals surface area contributed by atoms with E-state index in [1.54, 1.807) is 29.0 Å². The zero-order chi connectivity index (χ0) is 25.8. The van der Waals surface area contributed by atoms with Crippen molar-refractivity contribution in [2.45, 2.75) is 18.5 Å². The third kappa shape index (κ3) is 5.03. The molecule has 2 aromatic heterocycles. The minimum atomic E-state index is -0.567. The second-order valence-electron chi connectivity index (χ2n) is 8.23. The minimum absolute atomic E-state index is 0.0939. The van der Waals surface area contributed by atoms with Gasteiger partial charge in [0.15, 0.2) is 17.6 Å². The number of para-hydroxylation sites is 2. The number of aryl methyl sites for hydroxylation is 1. The molecule has 186 valence electrons. The van der Waals surface area contributed by atoms with Gasteiger partial charge in [-0.2, -0.15) is 0 Å². The van der Waals surface area contributed by atoms with Crippen molar-refractivity contribution < 1.29 is 18.7 Å². The van der Waals surface area contributed by atoms with Crippen LogP contribution >= 0.6 is 11.8 Å². The summed E-state index contributed by atoms with van der Waals surface area (Å²) >= 11 is 1.10. The van der Waals surface area contributed by atoms with Gasteiger partial charge in [0.25, 0.3) is 0 Å². The van der Waals surface area contributed by atoms with Crippen molar-refractivity contribution >= 4 is 34.4 Å². The minimum Gasteiger partial charge on any atom is -0.457 e. The van der Waals surface area contributed by atoms with Gasteiger partial charge in [0.05, 0.1) is 11.3 Å². The zero-order valence-corrected chi connectivity index (χ0v) is 20.8. The van der Waals surface area contributed by atoms with Gasteiger partial charge >= 0.3 is 5.97 Å². The molecule has 0 atom stereocenters. The summed E-state index contributed by atoms with van der Waals surface area (Å²) in [5.74, 6) is -1.05. The second kappa shape index (κ2) is 10.8. The number of Topliss-reactive ketones (excluding diaryl/α,β-unsaturated/α-hetero) is 1. The van der Waals surface area contributed by atoms with E-state index >= 15 is 0 Å². The van der Waals surface area contributed by atoms with Crippen LogP contribution in [0.25, 0.3) is 28.0 Å². The number of hydrogen-bond acceptors (Lipinski definition) is 6. The number of thioether (sulfide) groups is 1. The first kappa shape index (κ1) is 24.5. The van der Waals surface area contributed by atoms with Gasteiger partial charge in [0.1, 0.15) is 5.82 Å². The lowest BCUT2D eigenvalue weighted by Gasteiger charge is -2.10. The Hall–Kier alpha value is -4.24. The highest BCUT2D eigenvalue weighted by molar-refractivity contribution is 7.99. The highest BCUT2D eigenvalue weighted by Crippen LogP contribution is 2.29. The fourth-order valence-electron chi connectivity index (χ4n) is 4.12. The molecule has 9 heteroatoms. The van der Waals surface area contributed by atoms with Crippen LogP contribution in [0.4, 0.5) is 4.39 Å². The van der Waals surface area contributed by atoms with Crippen molar-refractivity contribution in [3.8, 4) is 17.1 Å². The monoisotopic (exact) mass is 514 g/mol. The van der Waals surface area contributed by atoms with E-state index in [9.17, 15) is 14.0 Å². The van der Waals surface area contributed by atoms with Crippen molar-refractivity contribution in [2.75, 3.05) is 12.4 Å². The van der Waals surface area contributed by atoms with Crippen LogP contribution in [0.15, 0.2) is 84.1 Å². The summed E-state index contributed by atoms with van der Waals surface area (Å²) in [7, 11) is 0. The number of rotatable bonds is 9. The van der Waals surface area contributed by atoms with Crippen LogP contribution in [0.1, 0.15) is 22.8 Å². The molecule has 1 N–H and O–H groups in total. The number of aromatic nitrogens is 4. The molecule has 3 aromatic carbocycles. The summed E-state index contributed by atoms with van der Waals surface area (Å²) < 4.78 is 21.5. The smallest absolute Gasteiger partial charge is 0.316 e. The van der Waals surface area contributed by atoms with Crippen molar-refractivity contribution in [1.29, 1.82) is 0 Å². The standard InChI is InChI=1S/C28H23FN4O3S/c1-2-18-9-8-13-20-22(15-30-26(18)20)24(34)16-36-25(35)17-37-28-32-31-27(21-12-6-7-14-23(21)29)33(28)19-10-4-3-5-11-19/h3-15,30H,2,16-17H2,1H3. The molecule has 0 spiro atoms. The number of esters is 1. The average Bonchev–Trinajstić information content (AvgIpc) is 3.56. The molecule has 7 nitrogen and oxygen atoms in total. The summed E-state index contributed by atoms with van der Waals surface area (Å²) in [4.78, 5) is 28.4. The van der Waals surface area contributed by atoms with E-state index in [1.807, 2.05) is 48.5 Å². The maximum atomic E-state index is 14.5. The molecule has 0 unspecified atom stereocenters. The van der Waals surface area contributed by atoms with Gasteiger partial charge in [-0.25, -0.2) is 4.39 Å². The summed E-state index contributed by atoms with van der Waals surface area (Å²) in [6, 6.07) is 21.4. The van der Waals surface area contributed by atoms with Crippen LogP contribution < -0.4 is 0 Å². The van der Waals surface area contributed by atoms with Crippen LogP contribution in [-0.2, 0) is 16.0 Å². The van der Waals surface area contributed by atoms with E-state index in [-0.39, 0.29) is 18.1 Å². The Kier molecular flexibility index (Phi) is 7.14. The molecule has 0 aliphatic heterocycles. The molecule has 0 saturated carbocycles. The number of H-pyrrole nitrogens is 1. The summed E-state index contributed by atoms with van der Waals surface area (Å²) in [5.41, 5.74) is 3.54. The number of nitrogens with one attached hydrogen (secondary N) is 1. The van der Waals surface area contributed by atoms with Crippen molar-refractivity contribution in [1.82, 2.24) is 19.7 Å². The highest BCUT2D eigenvalue weighted by atomic mass is 32.2. The van der Waals surface area contributed by atoms with Crippen LogP contribution in [0.5, 0.6) is 0 Å². The number of aromatic amines is 1. The Morgan fingerprint density at radius 1 is 1.00 bits per heavy atom. The van der Waals surface area contributed by atoms with Gasteiger partial charge in [-0.05, 0) is 36.2 Å². The summed E-state index contributed by atoms with van der Waals surface area (Å²) in [5, 5.41) is 9.60. The second-order valence-corrected chi connectivity index (χ2v) is 9.17. The third-order valence-corrected chi connectivity index (χ3v) is 6.83. The number of carbonyl (C=O) groups excluding carboxylic acids is 2. The van der Waals surface area contributed by atoms with Crippen molar-refractivity contribution in [3.63, 3.8) is 0 Å². The predicted octanol–water partition coefficient (Wildman–Crippen LogP) is 5.64. The Labute approximate surface area is 216 Å². The molecule has 5 rings (SSSR count). The van der Waals surface area contributed by atoms with Crippen molar-refractivity contribution in [3.05, 3.63) is 95.9 Å². The van der Waals surface area contributed by atoms with Crippen LogP contribution in [-0.4, -0.2) is 43.9 Å². The lowest BCUT2D eigenvalue weighted by Crippen LogP contribution is -2.15. The van der Waals surface area contributed by atoms with E-state index < -0.39 is 11.8 Å². The molecule has 0 saturated heterocycles. The zero-order valence-electron chi connectivity index (χ0n) is 20.0. The number of nitrogens with zero attached hydrogens (tertiary/aromatic N) is 3. The molecule has 0 amide bonds. The molecule has 0 aliphatic carbocycles. The van der Waals surface area contributed by atoms with Gasteiger partial charge in [0.2, 0.25) is 5.78 Å². The first-order valence-electron chi connectivity index (χ1n) is 11.7. The van der Waals surface area contributed by atoms with Gasteiger partial charge in [-0.1, -0.05) is 67.2 Å². The normalized spacial score (nSPS) is 11.1. The van der Waals surface area contributed by atoms with Gasteiger partial charge < -0.3 is 9.72 Å². The lowest BCUT2D eigenvalue weighted by molar-refractivity contribution is -0.139. The number of carbonyl (C=O) groups is 2. The maximum absolute atomic E-state index is 14.5. The fraction of sp³-hybridized carbons (Fsp3) is 0.143. The number of fused-ring (bicyclic) bond motifs is 1. The quantitative estimate of drug-likeness (QED) is 0.156. The van der Waals surface area contributed by atoms with Crippen LogP contribution in [0.2, 0.25) is 0 Å². The van der Waals surface area contributed by atoms with E-state index in [2.05, 4.69) is 22.1 Å². The molecule has 37 heavy (non-hydrogen) atoms. The number of benzene rings is 3. The first-order valence-corrected chi connectivity index (χ1v) is 12.7. The molecule has 0 fully saturated rings. The van der Waals surface area contributed by atoms with Crippen LogP contribution in [0.3, 0.4) is 0 Å². The SMILES string of the molecule is CCc1cccc2c(C(=O)COC(=O)CSc3nnc(-c4ccccc4F)n3-c3ccccc3)c[nH]c12. The predicted molar refractivity (Wildman–Crippen MR) is 140 cm³/mol. The number of hydrogen-bond donors (Lipinski definition) is 1. The number of halogens is 1. The molecular formula is C28H23FN4O3S. The van der Waals surface area contributed by atoms with E-state index in [4.69, 9.17) is 4.74 Å². The summed E-state index contributed by atoms with van der Waals surface area (Å²) in [6.07, 6.45) is 2.49. The molecule has 2 heterocycles. The van der Waals surface area contributed by atoms with Crippen molar-refractivity contribution in [2.24, 2.45) is 0 Å². The Morgan fingerprint density at radius 2 is 1.78 bits per heavy atom. The van der Waals surface area contributed by atoms with E-state index in [0.717, 1.165) is 40.3 Å². The molecule has 5 aromatic rings. The molecule has 0 radical (unpaired) electrons. The molecule has 0 aliphatic rings. The number of ether oxygens (including phenoxy) is 1. The number of ketones is 1. The molecule has 0 bridgehead atoms. The topological polar surface area (TPSA) is 89.9 Å². The van der Waals surface area contributed by atoms with Gasteiger partial charge in [0, 0.05) is 28.4 Å². The Balaban J connectivity index is 1.29. The third-order valence-electron chi connectivity index (χ3n) is 5.93. The first-order chi connectivity index (χ1) is 18.1. The van der Waals surface area contributed by atoms with Gasteiger partial charge in [-0.15, -0.1) is 10.2 Å². The Bertz CT molecular complexity index is 1580. The largest absolute Gasteiger partial charge is 0.457 e. The van der Waals surface area contributed by atoms with E-state index in [1.165, 1.54) is 6.07 Å². The van der Waals surface area contributed by atoms with Crippen LogP contribution in [0, 0.1) is 5.82 Å².